The average molecular weight is 211 g/mol. The van der Waals surface area contributed by atoms with Crippen LogP contribution in [0.25, 0.3) is 10.9 Å². The van der Waals surface area contributed by atoms with Crippen LogP contribution in [0.15, 0.2) is 18.3 Å². The Kier molecular flexibility index (Phi) is 2.13. The Labute approximate surface area is 84.8 Å². The molecule has 0 spiro atoms. The number of halogens is 1. The van der Waals surface area contributed by atoms with Crippen LogP contribution >= 0.6 is 11.6 Å². The fourth-order valence-corrected chi connectivity index (χ4v) is 1.42. The summed E-state index contributed by atoms with van der Waals surface area (Å²) in [5.41, 5.74) is 0.632. The lowest BCUT2D eigenvalue weighted by molar-refractivity contribution is -0.131. The highest BCUT2D eigenvalue weighted by atomic mass is 35.5. The van der Waals surface area contributed by atoms with Crippen LogP contribution in [0.2, 0.25) is 5.02 Å². The van der Waals surface area contributed by atoms with Crippen molar-refractivity contribution >= 4 is 28.5 Å². The second-order valence-corrected chi connectivity index (χ2v) is 3.21. The largest absolute Gasteiger partial charge is 0.424 e. The number of fused-ring (bicyclic) bond motifs is 1. The molecule has 0 atom stereocenters. The number of nitrogens with zero attached hydrogens (tertiary/aromatic N) is 1. The average Bonchev–Trinajstić information content (AvgIpc) is 2.58. The van der Waals surface area contributed by atoms with Crippen molar-refractivity contribution in [1.82, 2.24) is 10.2 Å². The number of rotatable bonds is 1. The summed E-state index contributed by atoms with van der Waals surface area (Å²) in [6, 6.07) is 3.29. The first-order chi connectivity index (χ1) is 6.68. The molecule has 0 saturated heterocycles. The van der Waals surface area contributed by atoms with Crippen LogP contribution < -0.4 is 4.74 Å². The Balaban J connectivity index is 2.60. The molecule has 0 aliphatic rings. The predicted molar refractivity (Wildman–Crippen MR) is 52.4 cm³/mol. The number of esters is 1. The van der Waals surface area contributed by atoms with Gasteiger partial charge < -0.3 is 4.74 Å². The van der Waals surface area contributed by atoms with Crippen molar-refractivity contribution in [1.29, 1.82) is 0 Å². The van der Waals surface area contributed by atoms with Crippen LogP contribution in [0.3, 0.4) is 0 Å². The summed E-state index contributed by atoms with van der Waals surface area (Å²) in [6.07, 6.45) is 1.59. The molecule has 0 radical (unpaired) electrons. The molecule has 5 heteroatoms. The van der Waals surface area contributed by atoms with Gasteiger partial charge in [-0.05, 0) is 12.1 Å². The third kappa shape index (κ3) is 1.44. The maximum absolute atomic E-state index is 10.8. The van der Waals surface area contributed by atoms with Crippen molar-refractivity contribution in [2.24, 2.45) is 0 Å². The fraction of sp³-hybridized carbons (Fsp3) is 0.111. The van der Waals surface area contributed by atoms with Crippen molar-refractivity contribution in [2.75, 3.05) is 0 Å². The van der Waals surface area contributed by atoms with Gasteiger partial charge in [0.1, 0.15) is 5.52 Å². The van der Waals surface area contributed by atoms with Gasteiger partial charge in [0.25, 0.3) is 0 Å². The van der Waals surface area contributed by atoms with E-state index in [4.69, 9.17) is 16.3 Å². The van der Waals surface area contributed by atoms with E-state index in [-0.39, 0.29) is 5.97 Å². The molecule has 1 N–H and O–H groups in total. The highest BCUT2D eigenvalue weighted by molar-refractivity contribution is 6.35. The number of H-pyrrole nitrogens is 1. The minimum absolute atomic E-state index is 0.372. The van der Waals surface area contributed by atoms with Gasteiger partial charge in [-0.3, -0.25) is 9.89 Å². The number of hydrogen-bond acceptors (Lipinski definition) is 3. The molecule has 4 nitrogen and oxygen atoms in total. The first kappa shape index (κ1) is 9.02. The second-order valence-electron chi connectivity index (χ2n) is 2.80. The number of carbonyl (C=O) groups is 1. The van der Waals surface area contributed by atoms with E-state index in [1.165, 1.54) is 6.92 Å². The highest BCUT2D eigenvalue weighted by Gasteiger charge is 2.08. The van der Waals surface area contributed by atoms with E-state index in [0.717, 1.165) is 5.39 Å². The van der Waals surface area contributed by atoms with Crippen LogP contribution in [0, 0.1) is 0 Å². The maximum atomic E-state index is 10.8. The Morgan fingerprint density at radius 1 is 1.57 bits per heavy atom. The molecule has 1 heterocycles. The summed E-state index contributed by atoms with van der Waals surface area (Å²) in [5, 5.41) is 7.87. The van der Waals surface area contributed by atoms with Crippen molar-refractivity contribution in [3.05, 3.63) is 23.4 Å². The van der Waals surface area contributed by atoms with Crippen molar-refractivity contribution in [2.45, 2.75) is 6.92 Å². The Morgan fingerprint density at radius 2 is 2.36 bits per heavy atom. The molecule has 0 bridgehead atoms. The molecule has 2 rings (SSSR count). The monoisotopic (exact) mass is 210 g/mol. The molecule has 0 aliphatic heterocycles. The molecule has 0 saturated carbocycles. The first-order valence-corrected chi connectivity index (χ1v) is 4.36. The number of hydrogen-bond donors (Lipinski definition) is 1. The number of aromatic amines is 1. The van der Waals surface area contributed by atoms with Gasteiger partial charge in [0, 0.05) is 12.3 Å². The fourth-order valence-electron chi connectivity index (χ4n) is 1.22. The van der Waals surface area contributed by atoms with E-state index in [1.807, 2.05) is 0 Å². The van der Waals surface area contributed by atoms with Crippen molar-refractivity contribution in [3.8, 4) is 5.75 Å². The van der Waals surface area contributed by atoms with E-state index in [9.17, 15) is 4.79 Å². The quantitative estimate of drug-likeness (QED) is 0.580. The van der Waals surface area contributed by atoms with Gasteiger partial charge in [-0.1, -0.05) is 11.6 Å². The number of benzene rings is 1. The summed E-state index contributed by atoms with van der Waals surface area (Å²) in [4.78, 5) is 10.8. The zero-order chi connectivity index (χ0) is 10.1. The lowest BCUT2D eigenvalue weighted by Gasteiger charge is -2.02. The minimum atomic E-state index is -0.372. The number of carbonyl (C=O) groups excluding carboxylic acids is 1. The molecule has 1 aromatic carbocycles. The van der Waals surface area contributed by atoms with Gasteiger partial charge in [0.15, 0.2) is 5.75 Å². The Hall–Kier alpha value is -1.55. The smallest absolute Gasteiger partial charge is 0.308 e. The predicted octanol–water partition coefficient (Wildman–Crippen LogP) is 2.14. The summed E-state index contributed by atoms with van der Waals surface area (Å²) < 4.78 is 4.97. The standard InChI is InChI=1S/C9H7ClN2O2/c1-5(13)14-8-3-2-7(10)6-4-11-12-9(6)8/h2-4H,1H3,(H,11,12). The third-order valence-corrected chi connectivity index (χ3v) is 2.11. The molecular formula is C9H7ClN2O2. The Bertz CT molecular complexity index is 493. The van der Waals surface area contributed by atoms with Crippen molar-refractivity contribution in [3.63, 3.8) is 0 Å². The van der Waals surface area contributed by atoms with Gasteiger partial charge in [-0.2, -0.15) is 5.10 Å². The number of aromatic nitrogens is 2. The summed E-state index contributed by atoms with van der Waals surface area (Å²) in [7, 11) is 0. The number of nitrogens with one attached hydrogen (secondary N) is 1. The Morgan fingerprint density at radius 3 is 3.07 bits per heavy atom. The van der Waals surface area contributed by atoms with Gasteiger partial charge in [0.2, 0.25) is 0 Å². The molecule has 0 fully saturated rings. The van der Waals surface area contributed by atoms with Gasteiger partial charge >= 0.3 is 5.97 Å². The maximum Gasteiger partial charge on any atom is 0.308 e. The van der Waals surface area contributed by atoms with Crippen LogP contribution in [0.4, 0.5) is 0 Å². The van der Waals surface area contributed by atoms with Gasteiger partial charge in [-0.25, -0.2) is 0 Å². The molecule has 72 valence electrons. The van der Waals surface area contributed by atoms with E-state index >= 15 is 0 Å². The molecule has 0 unspecified atom stereocenters. The lowest BCUT2D eigenvalue weighted by atomic mass is 10.2. The minimum Gasteiger partial charge on any atom is -0.424 e. The van der Waals surface area contributed by atoms with Crippen LogP contribution in [-0.2, 0) is 4.79 Å². The summed E-state index contributed by atoms with van der Waals surface area (Å²) in [5.74, 6) is 0.0672. The SMILES string of the molecule is CC(=O)Oc1ccc(Cl)c2cn[nH]c12. The summed E-state index contributed by atoms with van der Waals surface area (Å²) >= 11 is 5.91. The molecular weight excluding hydrogens is 204 g/mol. The van der Waals surface area contributed by atoms with Crippen molar-refractivity contribution < 1.29 is 9.53 Å². The zero-order valence-electron chi connectivity index (χ0n) is 7.37. The van der Waals surface area contributed by atoms with Crippen LogP contribution in [-0.4, -0.2) is 16.2 Å². The van der Waals surface area contributed by atoms with E-state index in [0.29, 0.717) is 16.3 Å². The lowest BCUT2D eigenvalue weighted by Crippen LogP contribution is -2.01. The van der Waals surface area contributed by atoms with E-state index < -0.39 is 0 Å². The second kappa shape index (κ2) is 3.31. The normalized spacial score (nSPS) is 10.4. The molecule has 14 heavy (non-hydrogen) atoms. The first-order valence-electron chi connectivity index (χ1n) is 3.98. The third-order valence-electron chi connectivity index (χ3n) is 1.78. The zero-order valence-corrected chi connectivity index (χ0v) is 8.13. The van der Waals surface area contributed by atoms with E-state index in [1.54, 1.807) is 18.3 Å². The molecule has 0 amide bonds. The molecule has 0 aliphatic carbocycles. The van der Waals surface area contributed by atoms with Crippen LogP contribution in [0.1, 0.15) is 6.92 Å². The van der Waals surface area contributed by atoms with E-state index in [2.05, 4.69) is 10.2 Å². The van der Waals surface area contributed by atoms with Gasteiger partial charge in [0.05, 0.1) is 11.2 Å². The topological polar surface area (TPSA) is 55.0 Å². The highest BCUT2D eigenvalue weighted by Crippen LogP contribution is 2.29. The number of ether oxygens (including phenoxy) is 1. The molecule has 2 aromatic rings. The van der Waals surface area contributed by atoms with Crippen LogP contribution in [0.5, 0.6) is 5.75 Å². The van der Waals surface area contributed by atoms with Gasteiger partial charge in [-0.15, -0.1) is 0 Å². The molecule has 1 aromatic heterocycles. The summed E-state index contributed by atoms with van der Waals surface area (Å²) in [6.45, 7) is 1.34.